The van der Waals surface area contributed by atoms with Crippen LogP contribution in [0.15, 0.2) is 30.3 Å². The summed E-state index contributed by atoms with van der Waals surface area (Å²) in [5.74, 6) is 0.902. The molecule has 1 saturated carbocycles. The van der Waals surface area contributed by atoms with Crippen LogP contribution in [0.5, 0.6) is 0 Å². The largest absolute Gasteiger partial charge is 0.306 e. The van der Waals surface area contributed by atoms with Crippen LogP contribution in [0.4, 0.5) is 0 Å². The van der Waals surface area contributed by atoms with Crippen LogP contribution in [-0.2, 0) is 6.42 Å². The molecule has 1 heteroatoms. The Hall–Kier alpha value is -0.820. The van der Waals surface area contributed by atoms with Crippen molar-refractivity contribution in [1.29, 1.82) is 0 Å². The SMILES string of the molecule is CN(C)C(Cc1ccccc1)C1CCCCC1. The average Bonchev–Trinajstić information content (AvgIpc) is 2.38. The van der Waals surface area contributed by atoms with Crippen molar-refractivity contribution in [3.05, 3.63) is 35.9 Å². The fourth-order valence-electron chi connectivity index (χ4n) is 3.15. The Morgan fingerprint density at radius 1 is 1.06 bits per heavy atom. The molecule has 1 atom stereocenters. The molecule has 0 N–H and O–H groups in total. The number of likely N-dealkylation sites (N-methyl/N-ethyl adjacent to an activating group) is 1. The van der Waals surface area contributed by atoms with Crippen molar-refractivity contribution >= 4 is 0 Å². The van der Waals surface area contributed by atoms with Crippen molar-refractivity contribution in [3.8, 4) is 0 Å². The molecule has 0 aliphatic heterocycles. The van der Waals surface area contributed by atoms with Gasteiger partial charge < -0.3 is 4.90 Å². The Kier molecular flexibility index (Phi) is 4.61. The standard InChI is InChI=1S/C16H25N/c1-17(2)16(15-11-7-4-8-12-15)13-14-9-5-3-6-10-14/h3,5-6,9-10,15-16H,4,7-8,11-13H2,1-2H3. The van der Waals surface area contributed by atoms with E-state index in [-0.39, 0.29) is 0 Å². The van der Waals surface area contributed by atoms with E-state index in [1.807, 2.05) is 0 Å². The molecule has 1 nitrogen and oxygen atoms in total. The van der Waals surface area contributed by atoms with Gasteiger partial charge in [-0.3, -0.25) is 0 Å². The molecule has 1 fully saturated rings. The maximum atomic E-state index is 2.43. The summed E-state index contributed by atoms with van der Waals surface area (Å²) >= 11 is 0. The summed E-state index contributed by atoms with van der Waals surface area (Å²) in [7, 11) is 4.48. The van der Waals surface area contributed by atoms with E-state index < -0.39 is 0 Å². The molecule has 0 aromatic heterocycles. The van der Waals surface area contributed by atoms with Crippen molar-refractivity contribution in [1.82, 2.24) is 4.90 Å². The lowest BCUT2D eigenvalue weighted by Crippen LogP contribution is -2.38. The second kappa shape index (κ2) is 6.20. The molecule has 1 aromatic carbocycles. The number of nitrogens with zero attached hydrogens (tertiary/aromatic N) is 1. The molecule has 94 valence electrons. The first-order valence-corrected chi connectivity index (χ1v) is 6.97. The summed E-state index contributed by atoms with van der Waals surface area (Å²) in [6.07, 6.45) is 8.37. The predicted octanol–water partition coefficient (Wildman–Crippen LogP) is 3.74. The smallest absolute Gasteiger partial charge is 0.0158 e. The van der Waals surface area contributed by atoms with E-state index in [1.54, 1.807) is 0 Å². The first kappa shape index (κ1) is 12.6. The van der Waals surface area contributed by atoms with Gasteiger partial charge in [-0.1, -0.05) is 49.6 Å². The third-order valence-corrected chi connectivity index (χ3v) is 4.14. The van der Waals surface area contributed by atoms with Crippen LogP contribution in [0.3, 0.4) is 0 Å². The maximum absolute atomic E-state index is 2.43. The van der Waals surface area contributed by atoms with Gasteiger partial charge in [-0.15, -0.1) is 0 Å². The molecule has 1 aliphatic rings. The lowest BCUT2D eigenvalue weighted by atomic mass is 9.81. The minimum absolute atomic E-state index is 0.720. The van der Waals surface area contributed by atoms with Crippen molar-refractivity contribution in [3.63, 3.8) is 0 Å². The van der Waals surface area contributed by atoms with E-state index in [4.69, 9.17) is 0 Å². The molecule has 1 aromatic rings. The van der Waals surface area contributed by atoms with E-state index in [0.717, 1.165) is 12.0 Å². The van der Waals surface area contributed by atoms with Crippen molar-refractivity contribution < 1.29 is 0 Å². The van der Waals surface area contributed by atoms with Crippen LogP contribution in [0.25, 0.3) is 0 Å². The van der Waals surface area contributed by atoms with Gasteiger partial charge in [0.1, 0.15) is 0 Å². The topological polar surface area (TPSA) is 3.24 Å². The van der Waals surface area contributed by atoms with E-state index >= 15 is 0 Å². The Labute approximate surface area is 106 Å². The predicted molar refractivity (Wildman–Crippen MR) is 74.2 cm³/mol. The van der Waals surface area contributed by atoms with Crippen LogP contribution >= 0.6 is 0 Å². The van der Waals surface area contributed by atoms with Gasteiger partial charge >= 0.3 is 0 Å². The molecule has 0 amide bonds. The minimum atomic E-state index is 0.720. The number of hydrogen-bond donors (Lipinski definition) is 0. The molecule has 1 aliphatic carbocycles. The fraction of sp³-hybridized carbons (Fsp3) is 0.625. The van der Waals surface area contributed by atoms with E-state index in [9.17, 15) is 0 Å². The van der Waals surface area contributed by atoms with Gasteiger partial charge in [-0.2, -0.15) is 0 Å². The third kappa shape index (κ3) is 3.57. The first-order valence-electron chi connectivity index (χ1n) is 6.97. The summed E-state index contributed by atoms with van der Waals surface area (Å²) in [5, 5.41) is 0. The fourth-order valence-corrected chi connectivity index (χ4v) is 3.15. The Balaban J connectivity index is 2.01. The summed E-state index contributed by atoms with van der Waals surface area (Å²) in [5.41, 5.74) is 1.48. The quantitative estimate of drug-likeness (QED) is 0.763. The zero-order chi connectivity index (χ0) is 12.1. The average molecular weight is 231 g/mol. The molecule has 1 unspecified atom stereocenters. The highest BCUT2D eigenvalue weighted by molar-refractivity contribution is 5.16. The summed E-state index contributed by atoms with van der Waals surface area (Å²) < 4.78 is 0. The summed E-state index contributed by atoms with van der Waals surface area (Å²) in [4.78, 5) is 2.43. The van der Waals surface area contributed by atoms with Gasteiger partial charge in [-0.25, -0.2) is 0 Å². The zero-order valence-electron chi connectivity index (χ0n) is 11.2. The van der Waals surface area contributed by atoms with Crippen LogP contribution < -0.4 is 0 Å². The molecule has 0 saturated heterocycles. The minimum Gasteiger partial charge on any atom is -0.306 e. The van der Waals surface area contributed by atoms with Gasteiger partial charge in [0.25, 0.3) is 0 Å². The normalized spacial score (nSPS) is 19.5. The van der Waals surface area contributed by atoms with Crippen LogP contribution in [0, 0.1) is 5.92 Å². The van der Waals surface area contributed by atoms with Gasteiger partial charge in [0.2, 0.25) is 0 Å². The second-order valence-electron chi connectivity index (χ2n) is 5.62. The van der Waals surface area contributed by atoms with Gasteiger partial charge in [0.05, 0.1) is 0 Å². The zero-order valence-corrected chi connectivity index (χ0v) is 11.2. The number of benzene rings is 1. The third-order valence-electron chi connectivity index (χ3n) is 4.14. The maximum Gasteiger partial charge on any atom is 0.0158 e. The highest BCUT2D eigenvalue weighted by atomic mass is 15.1. The van der Waals surface area contributed by atoms with Gasteiger partial charge in [0, 0.05) is 6.04 Å². The molecular weight excluding hydrogens is 206 g/mol. The summed E-state index contributed by atoms with van der Waals surface area (Å²) in [6, 6.07) is 11.7. The molecule has 17 heavy (non-hydrogen) atoms. The lowest BCUT2D eigenvalue weighted by molar-refractivity contribution is 0.169. The highest BCUT2D eigenvalue weighted by Crippen LogP contribution is 2.29. The van der Waals surface area contributed by atoms with Crippen LogP contribution in [0.1, 0.15) is 37.7 Å². The molecule has 0 spiro atoms. The van der Waals surface area contributed by atoms with Gasteiger partial charge in [0.15, 0.2) is 0 Å². The molecule has 2 rings (SSSR count). The van der Waals surface area contributed by atoms with E-state index in [2.05, 4.69) is 49.3 Å². The first-order chi connectivity index (χ1) is 8.27. The van der Waals surface area contributed by atoms with E-state index in [1.165, 1.54) is 44.1 Å². The molecule has 0 heterocycles. The monoisotopic (exact) mass is 231 g/mol. The molecule has 0 radical (unpaired) electrons. The van der Waals surface area contributed by atoms with Crippen molar-refractivity contribution in [2.45, 2.75) is 44.6 Å². The summed E-state index contributed by atoms with van der Waals surface area (Å²) in [6.45, 7) is 0. The highest BCUT2D eigenvalue weighted by Gasteiger charge is 2.25. The number of rotatable bonds is 4. The second-order valence-corrected chi connectivity index (χ2v) is 5.62. The van der Waals surface area contributed by atoms with E-state index in [0.29, 0.717) is 0 Å². The van der Waals surface area contributed by atoms with Crippen molar-refractivity contribution in [2.75, 3.05) is 14.1 Å². The Morgan fingerprint density at radius 2 is 1.71 bits per heavy atom. The van der Waals surface area contributed by atoms with Crippen molar-refractivity contribution in [2.24, 2.45) is 5.92 Å². The molecular formula is C16H25N. The Morgan fingerprint density at radius 3 is 2.29 bits per heavy atom. The Bertz CT molecular complexity index is 312. The number of hydrogen-bond acceptors (Lipinski definition) is 1. The van der Waals surface area contributed by atoms with Crippen LogP contribution in [-0.4, -0.2) is 25.0 Å². The lowest BCUT2D eigenvalue weighted by Gasteiger charge is -2.35. The molecule has 0 bridgehead atoms. The van der Waals surface area contributed by atoms with Crippen LogP contribution in [0.2, 0.25) is 0 Å². The van der Waals surface area contributed by atoms with Gasteiger partial charge in [-0.05, 0) is 44.8 Å².